The number of ether oxygens (including phenoxy) is 1. The third-order valence-corrected chi connectivity index (χ3v) is 3.08. The van der Waals surface area contributed by atoms with Crippen molar-refractivity contribution < 1.29 is 9.13 Å². The maximum Gasteiger partial charge on any atom is 0.186 e. The minimum atomic E-state index is -0.386. The highest BCUT2D eigenvalue weighted by Crippen LogP contribution is 2.21. The molecule has 1 aromatic carbocycles. The van der Waals surface area contributed by atoms with Crippen LogP contribution in [0.5, 0.6) is 0 Å². The van der Waals surface area contributed by atoms with E-state index in [1.807, 2.05) is 31.2 Å². The molecule has 1 heterocycles. The van der Waals surface area contributed by atoms with Gasteiger partial charge in [-0.25, -0.2) is 14.4 Å². The summed E-state index contributed by atoms with van der Waals surface area (Å²) >= 11 is 0. The molecule has 0 aliphatic carbocycles. The van der Waals surface area contributed by atoms with Crippen molar-refractivity contribution in [2.24, 2.45) is 0 Å². The zero-order chi connectivity index (χ0) is 15.2. The van der Waals surface area contributed by atoms with Gasteiger partial charge in [-0.1, -0.05) is 31.2 Å². The molecule has 0 saturated carbocycles. The molecule has 0 aliphatic heterocycles. The van der Waals surface area contributed by atoms with Gasteiger partial charge in [0.05, 0.1) is 12.3 Å². The average molecular weight is 289 g/mol. The molecule has 0 atom stereocenters. The van der Waals surface area contributed by atoms with Crippen molar-refractivity contribution in [2.75, 3.05) is 19.0 Å². The summed E-state index contributed by atoms with van der Waals surface area (Å²) in [5.41, 5.74) is 2.28. The second-order valence-corrected chi connectivity index (χ2v) is 4.85. The zero-order valence-corrected chi connectivity index (χ0v) is 12.6. The van der Waals surface area contributed by atoms with E-state index < -0.39 is 0 Å². The highest BCUT2D eigenvalue weighted by molar-refractivity contribution is 5.58. The lowest BCUT2D eigenvalue weighted by atomic mass is 10.1. The van der Waals surface area contributed by atoms with E-state index in [1.54, 1.807) is 14.0 Å². The molecule has 5 heteroatoms. The number of benzene rings is 1. The van der Waals surface area contributed by atoms with Crippen LogP contribution in [0.1, 0.15) is 24.6 Å². The Bertz CT molecular complexity index is 599. The molecular formula is C16H20FN3O. The molecular weight excluding hydrogens is 269 g/mol. The standard InChI is InChI=1S/C16H20FN3O/c1-4-9-18-16-14(17)11(2)19-15(20-16)13-7-5-12(6-8-13)10-21-3/h5-8H,4,9-10H2,1-3H3,(H,18,19,20). The Balaban J connectivity index is 2.32. The molecule has 0 spiro atoms. The molecule has 21 heavy (non-hydrogen) atoms. The summed E-state index contributed by atoms with van der Waals surface area (Å²) < 4.78 is 19.1. The highest BCUT2D eigenvalue weighted by atomic mass is 19.1. The Morgan fingerprint density at radius 1 is 1.19 bits per heavy atom. The number of aryl methyl sites for hydroxylation is 1. The number of nitrogens with one attached hydrogen (secondary N) is 1. The molecule has 2 aromatic rings. The van der Waals surface area contributed by atoms with Gasteiger partial charge in [0, 0.05) is 19.2 Å². The third-order valence-electron chi connectivity index (χ3n) is 3.08. The van der Waals surface area contributed by atoms with E-state index in [9.17, 15) is 4.39 Å². The summed E-state index contributed by atoms with van der Waals surface area (Å²) in [6.07, 6.45) is 0.906. The van der Waals surface area contributed by atoms with Crippen LogP contribution in [-0.2, 0) is 11.3 Å². The topological polar surface area (TPSA) is 47.0 Å². The SMILES string of the molecule is CCCNc1nc(-c2ccc(COC)cc2)nc(C)c1F. The van der Waals surface area contributed by atoms with Gasteiger partial charge in [0.2, 0.25) is 0 Å². The first-order valence-corrected chi connectivity index (χ1v) is 7.02. The summed E-state index contributed by atoms with van der Waals surface area (Å²) in [4.78, 5) is 8.52. The van der Waals surface area contributed by atoms with Crippen LogP contribution >= 0.6 is 0 Å². The lowest BCUT2D eigenvalue weighted by molar-refractivity contribution is 0.185. The van der Waals surface area contributed by atoms with Crippen molar-refractivity contribution >= 4 is 5.82 Å². The van der Waals surface area contributed by atoms with Crippen LogP contribution in [0.4, 0.5) is 10.2 Å². The van der Waals surface area contributed by atoms with Gasteiger partial charge in [-0.05, 0) is 18.9 Å². The first kappa shape index (κ1) is 15.4. The van der Waals surface area contributed by atoms with E-state index in [2.05, 4.69) is 15.3 Å². The summed E-state index contributed by atoms with van der Waals surface area (Å²) in [5, 5.41) is 3.00. The van der Waals surface area contributed by atoms with Crippen LogP contribution in [0, 0.1) is 12.7 Å². The fourth-order valence-corrected chi connectivity index (χ4v) is 1.97. The minimum Gasteiger partial charge on any atom is -0.380 e. The Morgan fingerprint density at radius 3 is 2.52 bits per heavy atom. The van der Waals surface area contributed by atoms with Crippen molar-refractivity contribution in [3.63, 3.8) is 0 Å². The number of halogens is 1. The quantitative estimate of drug-likeness (QED) is 0.883. The predicted octanol–water partition coefficient (Wildman–Crippen LogP) is 3.56. The van der Waals surface area contributed by atoms with E-state index in [0.29, 0.717) is 24.7 Å². The lowest BCUT2D eigenvalue weighted by Crippen LogP contribution is -2.08. The molecule has 0 amide bonds. The minimum absolute atomic E-state index is 0.264. The van der Waals surface area contributed by atoms with Crippen LogP contribution in [0.2, 0.25) is 0 Å². The van der Waals surface area contributed by atoms with Gasteiger partial charge in [-0.3, -0.25) is 0 Å². The molecule has 1 aromatic heterocycles. The molecule has 0 aliphatic rings. The number of nitrogens with zero attached hydrogens (tertiary/aromatic N) is 2. The van der Waals surface area contributed by atoms with Crippen LogP contribution in [0.15, 0.2) is 24.3 Å². The fraction of sp³-hybridized carbons (Fsp3) is 0.375. The van der Waals surface area contributed by atoms with Gasteiger partial charge in [-0.2, -0.15) is 0 Å². The Labute approximate surface area is 124 Å². The van der Waals surface area contributed by atoms with Gasteiger partial charge < -0.3 is 10.1 Å². The summed E-state index contributed by atoms with van der Waals surface area (Å²) in [6.45, 7) is 4.91. The van der Waals surface area contributed by atoms with E-state index in [1.165, 1.54) is 0 Å². The molecule has 0 saturated heterocycles. The summed E-state index contributed by atoms with van der Waals surface area (Å²) in [7, 11) is 1.66. The van der Waals surface area contributed by atoms with Crippen LogP contribution in [0.25, 0.3) is 11.4 Å². The summed E-state index contributed by atoms with van der Waals surface area (Å²) in [6, 6.07) is 7.76. The van der Waals surface area contributed by atoms with Gasteiger partial charge in [-0.15, -0.1) is 0 Å². The Hall–Kier alpha value is -2.01. The van der Waals surface area contributed by atoms with Crippen LogP contribution < -0.4 is 5.32 Å². The molecule has 2 rings (SSSR count). The number of hydrogen-bond acceptors (Lipinski definition) is 4. The number of hydrogen-bond donors (Lipinski definition) is 1. The summed E-state index contributed by atoms with van der Waals surface area (Å²) in [5.74, 6) is 0.403. The monoisotopic (exact) mass is 289 g/mol. The Kier molecular flexibility index (Phi) is 5.22. The maximum atomic E-state index is 14.0. The number of anilines is 1. The van der Waals surface area contributed by atoms with Crippen molar-refractivity contribution in [3.05, 3.63) is 41.3 Å². The fourth-order valence-electron chi connectivity index (χ4n) is 1.97. The second-order valence-electron chi connectivity index (χ2n) is 4.85. The maximum absolute atomic E-state index is 14.0. The van der Waals surface area contributed by atoms with Gasteiger partial charge in [0.25, 0.3) is 0 Å². The number of methoxy groups -OCH3 is 1. The number of rotatable bonds is 6. The third kappa shape index (κ3) is 3.76. The van der Waals surface area contributed by atoms with E-state index >= 15 is 0 Å². The van der Waals surface area contributed by atoms with Crippen molar-refractivity contribution in [1.29, 1.82) is 0 Å². The van der Waals surface area contributed by atoms with E-state index in [4.69, 9.17) is 4.74 Å². The van der Waals surface area contributed by atoms with Crippen LogP contribution in [-0.4, -0.2) is 23.6 Å². The Morgan fingerprint density at radius 2 is 1.90 bits per heavy atom. The molecule has 0 fully saturated rings. The molecule has 4 nitrogen and oxygen atoms in total. The van der Waals surface area contributed by atoms with E-state index in [-0.39, 0.29) is 11.6 Å². The normalized spacial score (nSPS) is 10.7. The molecule has 0 radical (unpaired) electrons. The molecule has 1 N–H and O–H groups in total. The van der Waals surface area contributed by atoms with E-state index in [0.717, 1.165) is 17.5 Å². The first-order chi connectivity index (χ1) is 10.2. The number of aromatic nitrogens is 2. The molecule has 0 bridgehead atoms. The predicted molar refractivity (Wildman–Crippen MR) is 81.7 cm³/mol. The zero-order valence-electron chi connectivity index (χ0n) is 12.6. The highest BCUT2D eigenvalue weighted by Gasteiger charge is 2.12. The van der Waals surface area contributed by atoms with Crippen LogP contribution in [0.3, 0.4) is 0 Å². The first-order valence-electron chi connectivity index (χ1n) is 7.02. The van der Waals surface area contributed by atoms with Gasteiger partial charge in [0.15, 0.2) is 17.5 Å². The second kappa shape index (κ2) is 7.13. The van der Waals surface area contributed by atoms with Crippen molar-refractivity contribution in [2.45, 2.75) is 26.9 Å². The molecule has 0 unspecified atom stereocenters. The van der Waals surface area contributed by atoms with Crippen molar-refractivity contribution in [3.8, 4) is 11.4 Å². The molecule has 112 valence electrons. The smallest absolute Gasteiger partial charge is 0.186 e. The largest absolute Gasteiger partial charge is 0.380 e. The average Bonchev–Trinajstić information content (AvgIpc) is 2.50. The van der Waals surface area contributed by atoms with Crippen molar-refractivity contribution in [1.82, 2.24) is 9.97 Å². The lowest BCUT2D eigenvalue weighted by Gasteiger charge is -2.10. The van der Waals surface area contributed by atoms with Gasteiger partial charge >= 0.3 is 0 Å². The van der Waals surface area contributed by atoms with Gasteiger partial charge in [0.1, 0.15) is 0 Å².